The predicted molar refractivity (Wildman–Crippen MR) is 104 cm³/mol. The molecule has 0 aliphatic carbocycles. The van der Waals surface area contributed by atoms with Crippen molar-refractivity contribution in [3.05, 3.63) is 64.6 Å². The van der Waals surface area contributed by atoms with E-state index in [0.717, 1.165) is 27.2 Å². The summed E-state index contributed by atoms with van der Waals surface area (Å²) in [5, 5.41) is 4.75. The number of anilines is 1. The van der Waals surface area contributed by atoms with E-state index in [0.29, 0.717) is 15.7 Å². The summed E-state index contributed by atoms with van der Waals surface area (Å²) < 4.78 is 5.70. The second kappa shape index (κ2) is 6.55. The van der Waals surface area contributed by atoms with Crippen molar-refractivity contribution in [2.75, 3.05) is 5.32 Å². The molecule has 5 nitrogen and oxygen atoms in total. The van der Waals surface area contributed by atoms with Crippen LogP contribution in [0, 0.1) is 13.8 Å². The Bertz CT molecular complexity index is 1120. The lowest BCUT2D eigenvalue weighted by atomic mass is 10.1. The van der Waals surface area contributed by atoms with Gasteiger partial charge >= 0.3 is 0 Å². The van der Waals surface area contributed by atoms with Gasteiger partial charge in [-0.25, -0.2) is 4.98 Å². The zero-order valence-electron chi connectivity index (χ0n) is 14.0. The Hall–Kier alpha value is -2.70. The van der Waals surface area contributed by atoms with Crippen molar-refractivity contribution >= 4 is 44.9 Å². The van der Waals surface area contributed by atoms with Crippen molar-refractivity contribution < 1.29 is 9.21 Å². The average Bonchev–Trinajstić information content (AvgIpc) is 3.16. The number of carbonyl (C=O) groups is 1. The number of furan rings is 1. The second-order valence-corrected chi connectivity index (χ2v) is 7.23. The molecule has 0 radical (unpaired) electrons. The number of pyridine rings is 1. The van der Waals surface area contributed by atoms with Gasteiger partial charge in [0.2, 0.25) is 0 Å². The van der Waals surface area contributed by atoms with Gasteiger partial charge in [-0.05, 0) is 44.2 Å². The third-order valence-corrected chi connectivity index (χ3v) is 5.35. The van der Waals surface area contributed by atoms with E-state index in [1.807, 2.05) is 32.0 Å². The first-order chi connectivity index (χ1) is 12.5. The number of aryl methyl sites for hydroxylation is 2. The van der Waals surface area contributed by atoms with Crippen LogP contribution in [-0.2, 0) is 0 Å². The van der Waals surface area contributed by atoms with E-state index >= 15 is 0 Å². The third-order valence-electron chi connectivity index (χ3n) is 4.02. The molecule has 0 atom stereocenters. The fourth-order valence-corrected chi connectivity index (χ4v) is 3.86. The van der Waals surface area contributed by atoms with E-state index in [1.165, 1.54) is 11.3 Å². The van der Waals surface area contributed by atoms with Gasteiger partial charge in [-0.15, -0.1) is 0 Å². The molecule has 26 heavy (non-hydrogen) atoms. The summed E-state index contributed by atoms with van der Waals surface area (Å²) in [6.07, 6.45) is 1.73. The maximum atomic E-state index is 12.7. The molecule has 1 aromatic carbocycles. The van der Waals surface area contributed by atoms with Crippen LogP contribution >= 0.6 is 22.9 Å². The number of amides is 1. The van der Waals surface area contributed by atoms with Crippen LogP contribution in [-0.4, -0.2) is 15.9 Å². The van der Waals surface area contributed by atoms with Crippen LogP contribution in [0.25, 0.3) is 21.5 Å². The highest BCUT2D eigenvalue weighted by Gasteiger charge is 2.20. The molecule has 0 aliphatic heterocycles. The molecule has 1 N–H and O–H groups in total. The molecule has 3 aromatic heterocycles. The molecule has 7 heteroatoms. The molecule has 3 heterocycles. The number of carbonyl (C=O) groups excluding carboxylic acids is 1. The summed E-state index contributed by atoms with van der Waals surface area (Å²) in [7, 11) is 0. The average molecular weight is 384 g/mol. The molecule has 0 bridgehead atoms. The minimum atomic E-state index is -0.337. The Kier molecular flexibility index (Phi) is 4.22. The minimum absolute atomic E-state index is 0.259. The van der Waals surface area contributed by atoms with Crippen LogP contribution in [0.2, 0.25) is 5.02 Å². The summed E-state index contributed by atoms with van der Waals surface area (Å²) in [5.41, 5.74) is 3.02. The first-order valence-electron chi connectivity index (χ1n) is 7.92. The SMILES string of the molecule is Cc1nc(NC(=O)c2oc3ccc(Cl)cc3c2C)sc1-c1ccccn1. The van der Waals surface area contributed by atoms with Crippen molar-refractivity contribution in [2.45, 2.75) is 13.8 Å². The zero-order chi connectivity index (χ0) is 18.3. The van der Waals surface area contributed by atoms with Gasteiger partial charge in [0.1, 0.15) is 5.58 Å². The number of benzene rings is 1. The zero-order valence-corrected chi connectivity index (χ0v) is 15.6. The highest BCUT2D eigenvalue weighted by atomic mass is 35.5. The fourth-order valence-electron chi connectivity index (χ4n) is 2.75. The summed E-state index contributed by atoms with van der Waals surface area (Å²) >= 11 is 7.41. The first kappa shape index (κ1) is 16.8. The lowest BCUT2D eigenvalue weighted by Crippen LogP contribution is -2.11. The number of nitrogens with zero attached hydrogens (tertiary/aromatic N) is 2. The molecule has 0 fully saturated rings. The largest absolute Gasteiger partial charge is 0.451 e. The standard InChI is InChI=1S/C19H14ClN3O2S/c1-10-13-9-12(20)6-7-15(13)25-16(10)18(24)23-19-22-11(2)17(26-19)14-5-3-4-8-21-14/h3-9H,1-2H3,(H,22,23,24). The Morgan fingerprint density at radius 1 is 1.23 bits per heavy atom. The highest BCUT2D eigenvalue weighted by molar-refractivity contribution is 7.19. The molecule has 4 rings (SSSR count). The van der Waals surface area contributed by atoms with Crippen LogP contribution in [0.4, 0.5) is 5.13 Å². The van der Waals surface area contributed by atoms with Gasteiger partial charge < -0.3 is 4.42 Å². The number of halogens is 1. The predicted octanol–water partition coefficient (Wildman–Crippen LogP) is 5.47. The van der Waals surface area contributed by atoms with E-state index in [9.17, 15) is 4.79 Å². The van der Waals surface area contributed by atoms with Crippen molar-refractivity contribution in [1.29, 1.82) is 0 Å². The van der Waals surface area contributed by atoms with E-state index in [1.54, 1.807) is 24.4 Å². The Morgan fingerprint density at radius 2 is 2.08 bits per heavy atom. The molecule has 0 spiro atoms. The maximum Gasteiger partial charge on any atom is 0.293 e. The van der Waals surface area contributed by atoms with Gasteiger partial charge in [-0.2, -0.15) is 0 Å². The van der Waals surface area contributed by atoms with Gasteiger partial charge in [0.25, 0.3) is 5.91 Å². The van der Waals surface area contributed by atoms with Crippen LogP contribution in [0.15, 0.2) is 47.0 Å². The second-order valence-electron chi connectivity index (χ2n) is 5.80. The molecule has 0 aliphatic rings. The minimum Gasteiger partial charge on any atom is -0.451 e. The molecule has 0 saturated heterocycles. The third kappa shape index (κ3) is 2.98. The molecule has 1 amide bonds. The molecule has 0 unspecified atom stereocenters. The van der Waals surface area contributed by atoms with Crippen molar-refractivity contribution in [3.63, 3.8) is 0 Å². The number of fused-ring (bicyclic) bond motifs is 1. The molecular formula is C19H14ClN3O2S. The van der Waals surface area contributed by atoms with E-state index in [2.05, 4.69) is 15.3 Å². The lowest BCUT2D eigenvalue weighted by Gasteiger charge is -1.99. The van der Waals surface area contributed by atoms with Crippen molar-refractivity contribution in [3.8, 4) is 10.6 Å². The van der Waals surface area contributed by atoms with Crippen molar-refractivity contribution in [2.24, 2.45) is 0 Å². The Morgan fingerprint density at radius 3 is 2.85 bits per heavy atom. The number of rotatable bonds is 3. The molecular weight excluding hydrogens is 370 g/mol. The van der Waals surface area contributed by atoms with E-state index in [4.69, 9.17) is 16.0 Å². The first-order valence-corrected chi connectivity index (χ1v) is 9.11. The van der Waals surface area contributed by atoms with Crippen LogP contribution < -0.4 is 5.32 Å². The highest BCUT2D eigenvalue weighted by Crippen LogP contribution is 2.32. The van der Waals surface area contributed by atoms with Gasteiger partial charge in [0.05, 0.1) is 16.3 Å². The normalized spacial score (nSPS) is 11.0. The van der Waals surface area contributed by atoms with Gasteiger partial charge in [0.15, 0.2) is 10.9 Å². The molecule has 130 valence electrons. The molecule has 4 aromatic rings. The smallest absolute Gasteiger partial charge is 0.293 e. The molecule has 0 saturated carbocycles. The summed E-state index contributed by atoms with van der Waals surface area (Å²) in [6, 6.07) is 11.0. The van der Waals surface area contributed by atoms with Gasteiger partial charge in [-0.1, -0.05) is 29.0 Å². The van der Waals surface area contributed by atoms with Crippen LogP contribution in [0.5, 0.6) is 0 Å². The Labute approximate surface area is 158 Å². The summed E-state index contributed by atoms with van der Waals surface area (Å²) in [4.78, 5) is 22.4. The van der Waals surface area contributed by atoms with Gasteiger partial charge in [-0.3, -0.25) is 15.1 Å². The monoisotopic (exact) mass is 383 g/mol. The number of thiazole rings is 1. The number of nitrogens with one attached hydrogen (secondary N) is 1. The van der Waals surface area contributed by atoms with Crippen molar-refractivity contribution in [1.82, 2.24) is 9.97 Å². The van der Waals surface area contributed by atoms with E-state index < -0.39 is 0 Å². The maximum absolute atomic E-state index is 12.7. The van der Waals surface area contributed by atoms with Gasteiger partial charge in [0, 0.05) is 22.2 Å². The Balaban J connectivity index is 1.64. The summed E-state index contributed by atoms with van der Waals surface area (Å²) in [6.45, 7) is 3.73. The van der Waals surface area contributed by atoms with E-state index in [-0.39, 0.29) is 11.7 Å². The number of hydrogen-bond acceptors (Lipinski definition) is 5. The van der Waals surface area contributed by atoms with Crippen LogP contribution in [0.3, 0.4) is 0 Å². The topological polar surface area (TPSA) is 68.0 Å². The quantitative estimate of drug-likeness (QED) is 0.509. The fraction of sp³-hybridized carbons (Fsp3) is 0.105. The summed E-state index contributed by atoms with van der Waals surface area (Å²) in [5.74, 6) is -0.0781. The lowest BCUT2D eigenvalue weighted by molar-refractivity contribution is 0.0998. The number of hydrogen-bond donors (Lipinski definition) is 1. The van der Waals surface area contributed by atoms with Crippen LogP contribution in [0.1, 0.15) is 21.8 Å². The number of aromatic nitrogens is 2.